The molecule has 110 valence electrons. The lowest BCUT2D eigenvalue weighted by molar-refractivity contribution is -0.274. The monoisotopic (exact) mass is 296 g/mol. The van der Waals surface area contributed by atoms with Crippen molar-refractivity contribution in [1.82, 2.24) is 0 Å². The molecule has 0 radical (unpaired) electrons. The van der Waals surface area contributed by atoms with Crippen LogP contribution in [0, 0.1) is 0 Å². The van der Waals surface area contributed by atoms with Gasteiger partial charge in [-0.3, -0.25) is 0 Å². The van der Waals surface area contributed by atoms with Gasteiger partial charge in [0.15, 0.2) is 11.5 Å². The quantitative estimate of drug-likeness (QED) is 0.660. The van der Waals surface area contributed by atoms with Gasteiger partial charge >= 0.3 is 6.36 Å². The first kappa shape index (κ1) is 14.8. The molecule has 0 unspecified atom stereocenters. The summed E-state index contributed by atoms with van der Waals surface area (Å²) in [5, 5.41) is 18.9. The Balaban J connectivity index is 2.21. The predicted molar refractivity (Wildman–Crippen MR) is 71.8 cm³/mol. The van der Waals surface area contributed by atoms with E-state index in [0.29, 0.717) is 11.1 Å². The smallest absolute Gasteiger partial charge is 0.504 e. The lowest BCUT2D eigenvalue weighted by Crippen LogP contribution is -2.17. The van der Waals surface area contributed by atoms with E-state index in [1.807, 2.05) is 0 Å². The van der Waals surface area contributed by atoms with E-state index < -0.39 is 6.36 Å². The summed E-state index contributed by atoms with van der Waals surface area (Å²) in [6, 6.07) is 9.83. The van der Waals surface area contributed by atoms with Crippen LogP contribution >= 0.6 is 0 Å². The Labute approximate surface area is 118 Å². The molecule has 0 amide bonds. The van der Waals surface area contributed by atoms with Gasteiger partial charge < -0.3 is 14.9 Å². The first-order valence-corrected chi connectivity index (χ1v) is 5.90. The number of phenolic OH excluding ortho intramolecular Hbond substituents is 2. The fourth-order valence-corrected chi connectivity index (χ4v) is 1.68. The molecular weight excluding hydrogens is 285 g/mol. The predicted octanol–water partition coefficient (Wildman–Crippen LogP) is 4.17. The molecule has 6 heteroatoms. The summed E-state index contributed by atoms with van der Waals surface area (Å²) in [4.78, 5) is 0. The standard InChI is InChI=1S/C15H11F3O3/c16-15(17,18)21-12-5-1-3-10(9-12)7-8-11-4-2-6-13(19)14(11)20/h1-9,19-20H/b8-7+. The Morgan fingerprint density at radius 2 is 1.67 bits per heavy atom. The zero-order valence-electron chi connectivity index (χ0n) is 10.6. The molecule has 0 aliphatic carbocycles. The molecular formula is C15H11F3O3. The van der Waals surface area contributed by atoms with Crippen molar-refractivity contribution in [2.45, 2.75) is 6.36 Å². The van der Waals surface area contributed by atoms with E-state index in [0.717, 1.165) is 0 Å². The van der Waals surface area contributed by atoms with Crippen molar-refractivity contribution in [3.8, 4) is 17.2 Å². The molecule has 0 aliphatic rings. The summed E-state index contributed by atoms with van der Waals surface area (Å²) in [6.07, 6.45) is -1.77. The highest BCUT2D eigenvalue weighted by Crippen LogP contribution is 2.30. The zero-order chi connectivity index (χ0) is 15.5. The lowest BCUT2D eigenvalue weighted by atomic mass is 10.1. The van der Waals surface area contributed by atoms with Gasteiger partial charge in [-0.1, -0.05) is 36.4 Å². The molecule has 21 heavy (non-hydrogen) atoms. The summed E-state index contributed by atoms with van der Waals surface area (Å²) >= 11 is 0. The molecule has 0 fully saturated rings. The van der Waals surface area contributed by atoms with E-state index in [1.165, 1.54) is 42.5 Å². The van der Waals surface area contributed by atoms with Gasteiger partial charge in [0.25, 0.3) is 0 Å². The summed E-state index contributed by atoms with van der Waals surface area (Å²) < 4.78 is 40.2. The van der Waals surface area contributed by atoms with E-state index in [-0.39, 0.29) is 17.2 Å². The molecule has 0 aromatic heterocycles. The first-order valence-electron chi connectivity index (χ1n) is 5.90. The second kappa shape index (κ2) is 5.78. The summed E-state index contributed by atoms with van der Waals surface area (Å²) in [5.41, 5.74) is 0.802. The van der Waals surface area contributed by atoms with Crippen LogP contribution in [-0.2, 0) is 0 Å². The molecule has 0 aliphatic heterocycles. The normalized spacial score (nSPS) is 11.8. The van der Waals surface area contributed by atoms with Crippen LogP contribution in [0.15, 0.2) is 42.5 Å². The fraction of sp³-hybridized carbons (Fsp3) is 0.0667. The molecule has 2 rings (SSSR count). The average molecular weight is 296 g/mol. The third kappa shape index (κ3) is 4.17. The first-order chi connectivity index (χ1) is 9.85. The van der Waals surface area contributed by atoms with Crippen LogP contribution in [0.5, 0.6) is 17.2 Å². The SMILES string of the molecule is Oc1cccc(/C=C/c2cccc(OC(F)(F)F)c2)c1O. The maximum Gasteiger partial charge on any atom is 0.573 e. The Kier molecular flexibility index (Phi) is 4.07. The van der Waals surface area contributed by atoms with Gasteiger partial charge in [-0.2, -0.15) is 0 Å². The number of benzene rings is 2. The largest absolute Gasteiger partial charge is 0.573 e. The maximum absolute atomic E-state index is 12.1. The van der Waals surface area contributed by atoms with Crippen LogP contribution in [0.1, 0.15) is 11.1 Å². The number of phenols is 2. The van der Waals surface area contributed by atoms with Gasteiger partial charge in [0, 0.05) is 5.56 Å². The number of aromatic hydroxyl groups is 2. The highest BCUT2D eigenvalue weighted by molar-refractivity contribution is 5.74. The van der Waals surface area contributed by atoms with Gasteiger partial charge in [-0.15, -0.1) is 13.2 Å². The highest BCUT2D eigenvalue weighted by atomic mass is 19.4. The minimum absolute atomic E-state index is 0.272. The van der Waals surface area contributed by atoms with Crippen LogP contribution in [-0.4, -0.2) is 16.6 Å². The van der Waals surface area contributed by atoms with Crippen molar-refractivity contribution in [2.75, 3.05) is 0 Å². The van der Waals surface area contributed by atoms with E-state index in [4.69, 9.17) is 0 Å². The van der Waals surface area contributed by atoms with Crippen LogP contribution in [0.4, 0.5) is 13.2 Å². The van der Waals surface area contributed by atoms with E-state index in [9.17, 15) is 23.4 Å². The van der Waals surface area contributed by atoms with E-state index in [2.05, 4.69) is 4.74 Å². The number of hydrogen-bond acceptors (Lipinski definition) is 3. The fourth-order valence-electron chi connectivity index (χ4n) is 1.68. The number of hydrogen-bond donors (Lipinski definition) is 2. The number of rotatable bonds is 3. The second-order valence-electron chi connectivity index (χ2n) is 4.17. The van der Waals surface area contributed by atoms with Crippen LogP contribution in [0.2, 0.25) is 0 Å². The van der Waals surface area contributed by atoms with Gasteiger partial charge in [-0.25, -0.2) is 0 Å². The van der Waals surface area contributed by atoms with Crippen molar-refractivity contribution in [3.05, 3.63) is 53.6 Å². The highest BCUT2D eigenvalue weighted by Gasteiger charge is 2.30. The van der Waals surface area contributed by atoms with Crippen LogP contribution in [0.3, 0.4) is 0 Å². The minimum Gasteiger partial charge on any atom is -0.504 e. The third-order valence-electron chi connectivity index (χ3n) is 2.59. The van der Waals surface area contributed by atoms with Crippen LogP contribution in [0.25, 0.3) is 12.2 Å². The molecule has 0 bridgehead atoms. The van der Waals surface area contributed by atoms with E-state index >= 15 is 0 Å². The molecule has 0 spiro atoms. The summed E-state index contributed by atoms with van der Waals surface area (Å²) in [5.74, 6) is -0.896. The van der Waals surface area contributed by atoms with Crippen molar-refractivity contribution in [3.63, 3.8) is 0 Å². The summed E-state index contributed by atoms with van der Waals surface area (Å²) in [7, 11) is 0. The Morgan fingerprint density at radius 3 is 2.38 bits per heavy atom. The molecule has 2 N–H and O–H groups in total. The molecule has 0 saturated carbocycles. The molecule has 0 atom stereocenters. The van der Waals surface area contributed by atoms with Crippen molar-refractivity contribution >= 4 is 12.2 Å². The number of alkyl halides is 3. The van der Waals surface area contributed by atoms with Crippen LogP contribution < -0.4 is 4.74 Å². The second-order valence-corrected chi connectivity index (χ2v) is 4.17. The topological polar surface area (TPSA) is 49.7 Å². The average Bonchev–Trinajstić information content (AvgIpc) is 2.39. The van der Waals surface area contributed by atoms with Crippen molar-refractivity contribution < 1.29 is 28.1 Å². The lowest BCUT2D eigenvalue weighted by Gasteiger charge is -2.08. The number of para-hydroxylation sites is 1. The molecule has 2 aromatic rings. The van der Waals surface area contributed by atoms with Gasteiger partial charge in [0.2, 0.25) is 0 Å². The zero-order valence-corrected chi connectivity index (χ0v) is 10.6. The van der Waals surface area contributed by atoms with Gasteiger partial charge in [0.05, 0.1) is 0 Å². The summed E-state index contributed by atoms with van der Waals surface area (Å²) in [6.45, 7) is 0. The number of halogens is 3. The Hall–Kier alpha value is -2.63. The molecule has 0 saturated heterocycles. The van der Waals surface area contributed by atoms with E-state index in [1.54, 1.807) is 12.1 Å². The molecule has 2 aromatic carbocycles. The third-order valence-corrected chi connectivity index (χ3v) is 2.59. The molecule has 3 nitrogen and oxygen atoms in total. The van der Waals surface area contributed by atoms with Crippen molar-refractivity contribution in [1.29, 1.82) is 0 Å². The molecule has 0 heterocycles. The Morgan fingerprint density at radius 1 is 0.952 bits per heavy atom. The van der Waals surface area contributed by atoms with Crippen molar-refractivity contribution in [2.24, 2.45) is 0 Å². The number of ether oxygens (including phenoxy) is 1. The van der Waals surface area contributed by atoms with Gasteiger partial charge in [0.1, 0.15) is 5.75 Å². The van der Waals surface area contributed by atoms with Gasteiger partial charge in [-0.05, 0) is 23.8 Å². The Bertz CT molecular complexity index is 663. The maximum atomic E-state index is 12.1. The minimum atomic E-state index is -4.74.